The Balaban J connectivity index is 2.99. The summed E-state index contributed by atoms with van der Waals surface area (Å²) in [5.74, 6) is -0.241. The fourth-order valence-electron chi connectivity index (χ4n) is 0. The normalized spacial score (nSPS) is 9.40. The average Bonchev–Trinajstić information content (AvgIpc) is 1.65. The molecular formula is C3H7NO. The molecule has 0 saturated heterocycles. The minimum absolute atomic E-state index is 0.241. The lowest BCUT2D eigenvalue weighted by atomic mass is 10.5. The lowest BCUT2D eigenvalue weighted by Gasteiger charge is -1.73. The summed E-state index contributed by atoms with van der Waals surface area (Å²) in [7, 11) is 0. The molecule has 2 N–H and O–H groups in total. The Morgan fingerprint density at radius 2 is 3.00 bits per heavy atom. The Morgan fingerprint density at radius 1 is 2.40 bits per heavy atom. The van der Waals surface area contributed by atoms with Crippen LogP contribution >= 0.6 is 0 Å². The van der Waals surface area contributed by atoms with Crippen LogP contribution in [0.5, 0.6) is 0 Å². The molecule has 0 fully saturated rings. The zero-order chi connectivity index (χ0) is 4.99. The molecule has 2 nitrogen and oxygen atoms in total. The van der Waals surface area contributed by atoms with E-state index < -0.39 is 0 Å². The van der Waals surface area contributed by atoms with Crippen molar-refractivity contribution in [2.75, 3.05) is 0 Å². The molecule has 5 heavy (non-hydrogen) atoms. The predicted octanol–water partition coefficient (Wildman–Crippen LogP) is -0.118. The largest absolute Gasteiger partial charge is 0.370 e. The van der Waals surface area contributed by atoms with Crippen LogP contribution in [0.4, 0.5) is 0 Å². The standard InChI is InChI=1S/C3H7NO/c1-2-3(4)5/h2H2,1H3,(H2,4,5)/i/hT. The topological polar surface area (TPSA) is 43.1 Å². The maximum absolute atomic E-state index is 9.88. The number of hydrogen-bond donors (Lipinski definition) is 1. The maximum Gasteiger partial charge on any atom is 0.217 e. The van der Waals surface area contributed by atoms with E-state index in [0.717, 1.165) is 0 Å². The molecule has 30 valence electrons. The summed E-state index contributed by atoms with van der Waals surface area (Å²) in [6, 6.07) is 0. The van der Waals surface area contributed by atoms with E-state index in [2.05, 4.69) is 0 Å². The molecule has 0 aliphatic heterocycles. The highest BCUT2D eigenvalue weighted by molar-refractivity contribution is 5.73. The van der Waals surface area contributed by atoms with Crippen LogP contribution in [0.3, 0.4) is 0 Å². The first-order chi connectivity index (χ1) is 2.81. The van der Waals surface area contributed by atoms with Crippen LogP contribution < -0.4 is 5.73 Å². The van der Waals surface area contributed by atoms with E-state index in [1.54, 1.807) is 12.7 Å². The molecule has 0 aromatic carbocycles. The first-order valence-corrected chi connectivity index (χ1v) is 1.51. The summed E-state index contributed by atoms with van der Waals surface area (Å²) in [6.45, 7) is 1.70. The molecule has 0 aromatic heterocycles. The Labute approximate surface area is 32.4 Å². The number of carbonyl (C=O) groups excluding carboxylic acids is 1. The number of nitrogens with two attached hydrogens (primary N) is 1. The van der Waals surface area contributed by atoms with Gasteiger partial charge in [-0.05, 0) is 0 Å². The van der Waals surface area contributed by atoms with Gasteiger partial charge < -0.3 is 5.73 Å². The second-order valence-electron chi connectivity index (χ2n) is 0.777. The zero-order valence-electron chi connectivity index (χ0n) is 4.12. The van der Waals surface area contributed by atoms with E-state index >= 15 is 0 Å². The second kappa shape index (κ2) is 1.76. The predicted molar refractivity (Wildman–Crippen MR) is 19.5 cm³/mol. The van der Waals surface area contributed by atoms with Crippen LogP contribution in [0, 0.1) is 0 Å². The van der Waals surface area contributed by atoms with Crippen LogP contribution in [0.15, 0.2) is 0 Å². The fraction of sp³-hybridized carbons (Fsp3) is 0.667. The summed E-state index contributed by atoms with van der Waals surface area (Å²) in [5, 5.41) is 0. The third-order valence-electron chi connectivity index (χ3n) is 0.321. The van der Waals surface area contributed by atoms with Crippen molar-refractivity contribution in [2.45, 2.75) is 13.3 Å². The molecule has 0 spiro atoms. The smallest absolute Gasteiger partial charge is 0.217 e. The molecule has 0 rings (SSSR count). The fourth-order valence-corrected chi connectivity index (χ4v) is 0. The molecule has 0 radical (unpaired) electrons. The molecule has 1 amide bonds. The Morgan fingerprint density at radius 3 is 3.00 bits per heavy atom. The van der Waals surface area contributed by atoms with Gasteiger partial charge in [-0.3, -0.25) is 4.79 Å². The van der Waals surface area contributed by atoms with E-state index in [4.69, 9.17) is 1.41 Å². The van der Waals surface area contributed by atoms with Gasteiger partial charge in [0.1, 0.15) is 0 Å². The van der Waals surface area contributed by atoms with Crippen molar-refractivity contribution in [3.05, 3.63) is 0 Å². The van der Waals surface area contributed by atoms with Crippen LogP contribution in [-0.2, 0) is 4.79 Å². The van der Waals surface area contributed by atoms with Crippen LogP contribution in [-0.4, -0.2) is 5.91 Å². The molecular weight excluding hydrogens is 66.0 g/mol. The van der Waals surface area contributed by atoms with Gasteiger partial charge in [-0.2, -0.15) is 0 Å². The van der Waals surface area contributed by atoms with Gasteiger partial charge in [-0.1, -0.05) is 6.92 Å². The number of primary amides is 1. The van der Waals surface area contributed by atoms with E-state index in [-0.39, 0.29) is 5.91 Å². The van der Waals surface area contributed by atoms with Crippen LogP contribution in [0.2, 0.25) is 1.41 Å². The quantitative estimate of drug-likeness (QED) is 0.464. The summed E-state index contributed by atoms with van der Waals surface area (Å²) in [6.07, 6.45) is 0.392. The van der Waals surface area contributed by atoms with Crippen molar-refractivity contribution in [2.24, 2.45) is 5.73 Å². The third kappa shape index (κ3) is 3.47. The van der Waals surface area contributed by atoms with Gasteiger partial charge in [0.2, 0.25) is 5.91 Å². The molecule has 0 unspecified atom stereocenters. The van der Waals surface area contributed by atoms with E-state index in [1.807, 2.05) is 0 Å². The first-order valence-electron chi connectivity index (χ1n) is 2.01. The van der Waals surface area contributed by atoms with Crippen molar-refractivity contribution >= 4 is 5.91 Å². The summed E-state index contributed by atoms with van der Waals surface area (Å²) in [5.41, 5.74) is 1.73. The molecule has 2 heteroatoms. The lowest BCUT2D eigenvalue weighted by molar-refractivity contribution is -0.117. The molecule has 0 aliphatic carbocycles. The Bertz CT molecular complexity index is 48.8. The van der Waals surface area contributed by atoms with E-state index in [0.29, 0.717) is 6.42 Å². The van der Waals surface area contributed by atoms with Gasteiger partial charge in [0, 0.05) is 6.42 Å². The average molecular weight is 75.1 g/mol. The molecule has 0 atom stereocenters. The maximum atomic E-state index is 9.88. The number of hydrogen-bond acceptors (Lipinski definition) is 1. The summed E-state index contributed by atoms with van der Waals surface area (Å²) in [4.78, 5) is 9.88. The van der Waals surface area contributed by atoms with Gasteiger partial charge in [-0.15, -0.1) is 0 Å². The van der Waals surface area contributed by atoms with Crippen LogP contribution in [0.25, 0.3) is 0 Å². The minimum atomic E-state index is -0.241. The van der Waals surface area contributed by atoms with Gasteiger partial charge in [0.05, 0.1) is 0 Å². The van der Waals surface area contributed by atoms with Crippen molar-refractivity contribution in [3.63, 3.8) is 0 Å². The molecule has 0 aliphatic rings. The van der Waals surface area contributed by atoms with Gasteiger partial charge >= 0.3 is 0 Å². The lowest BCUT2D eigenvalue weighted by Crippen LogP contribution is -2.06. The first kappa shape index (κ1) is 2.69. The van der Waals surface area contributed by atoms with Crippen molar-refractivity contribution in [1.29, 1.82) is 0 Å². The Kier molecular flexibility index (Phi) is 0.947. The molecule has 0 saturated carbocycles. The van der Waals surface area contributed by atoms with Gasteiger partial charge in [-0.25, -0.2) is 0 Å². The third-order valence-corrected chi connectivity index (χ3v) is 0.321. The van der Waals surface area contributed by atoms with Gasteiger partial charge in [0.15, 0.2) is 1.41 Å². The van der Waals surface area contributed by atoms with E-state index in [1.165, 1.54) is 0 Å². The minimum Gasteiger partial charge on any atom is -0.370 e. The van der Waals surface area contributed by atoms with E-state index in [9.17, 15) is 4.79 Å². The number of rotatable bonds is 1. The van der Waals surface area contributed by atoms with Gasteiger partial charge in [0.25, 0.3) is 0 Å². The SMILES string of the molecule is [3H]NC(=O)CC. The monoisotopic (exact) mass is 75.1 g/mol. The second-order valence-corrected chi connectivity index (χ2v) is 0.777. The molecule has 0 heterocycles. The van der Waals surface area contributed by atoms with Crippen LogP contribution in [0.1, 0.15) is 13.3 Å². The molecule has 0 aromatic rings. The van der Waals surface area contributed by atoms with Crippen molar-refractivity contribution in [3.8, 4) is 0 Å². The zero-order valence-corrected chi connectivity index (χ0v) is 3.12. The van der Waals surface area contributed by atoms with Crippen molar-refractivity contribution < 1.29 is 6.21 Å². The highest BCUT2D eigenvalue weighted by Gasteiger charge is 1.77. The summed E-state index contributed by atoms with van der Waals surface area (Å²) < 4.78 is 6.21. The Hall–Kier alpha value is -0.530. The highest BCUT2D eigenvalue weighted by atomic mass is 16.1. The van der Waals surface area contributed by atoms with Crippen molar-refractivity contribution in [1.82, 2.24) is 0 Å². The molecule has 0 bridgehead atoms. The summed E-state index contributed by atoms with van der Waals surface area (Å²) >= 11 is 0. The number of carbonyl (C=O) groups is 1. The highest BCUT2D eigenvalue weighted by Crippen LogP contribution is 1.63. The number of amides is 1.